The average molecular weight is 150 g/mol. The third kappa shape index (κ3) is 2.02. The molecular formula is C9H14N2. The van der Waals surface area contributed by atoms with Crippen molar-refractivity contribution < 1.29 is 0 Å². The first kappa shape index (κ1) is 8.21. The molecule has 1 rings (SSSR count). The van der Waals surface area contributed by atoms with Gasteiger partial charge in [0.25, 0.3) is 0 Å². The third-order valence-corrected chi connectivity index (χ3v) is 1.88. The number of nitrogens with zero attached hydrogens (tertiary/aromatic N) is 1. The second-order valence-electron chi connectivity index (χ2n) is 2.60. The monoisotopic (exact) mass is 150 g/mol. The first-order chi connectivity index (χ1) is 5.38. The summed E-state index contributed by atoms with van der Waals surface area (Å²) in [4.78, 5) is 4.24. The highest BCUT2D eigenvalue weighted by atomic mass is 14.7. The molecule has 0 bridgehead atoms. The molecule has 0 saturated heterocycles. The van der Waals surface area contributed by atoms with Crippen LogP contribution >= 0.6 is 0 Å². The lowest BCUT2D eigenvalue weighted by molar-refractivity contribution is 0.654. The van der Waals surface area contributed by atoms with Crippen LogP contribution in [0.25, 0.3) is 0 Å². The summed E-state index contributed by atoms with van der Waals surface area (Å²) >= 11 is 0. The molecule has 2 nitrogen and oxygen atoms in total. The van der Waals surface area contributed by atoms with Crippen LogP contribution < -0.4 is 5.73 Å². The van der Waals surface area contributed by atoms with Gasteiger partial charge in [-0.1, -0.05) is 13.0 Å². The minimum absolute atomic E-state index is 0.427. The summed E-state index contributed by atoms with van der Waals surface area (Å²) in [6.07, 6.45) is 2.88. The molecule has 1 aromatic heterocycles. The fourth-order valence-electron chi connectivity index (χ4n) is 1.11. The van der Waals surface area contributed by atoms with Crippen molar-refractivity contribution in [3.8, 4) is 0 Å². The molecule has 0 aliphatic heterocycles. The summed E-state index contributed by atoms with van der Waals surface area (Å²) < 4.78 is 0. The fraction of sp³-hybridized carbons (Fsp3) is 0.444. The highest BCUT2D eigenvalue weighted by Crippen LogP contribution is 2.13. The Bertz CT molecular complexity index is 192. The van der Waals surface area contributed by atoms with E-state index < -0.39 is 0 Å². The van der Waals surface area contributed by atoms with Gasteiger partial charge in [-0.15, -0.1) is 0 Å². The van der Waals surface area contributed by atoms with Gasteiger partial charge in [0.05, 0.1) is 0 Å². The Morgan fingerprint density at radius 3 is 2.82 bits per heavy atom. The Balaban J connectivity index is 2.74. The number of hydrogen-bond donors (Lipinski definition) is 1. The van der Waals surface area contributed by atoms with Crippen LogP contribution in [-0.4, -0.2) is 11.5 Å². The molecule has 0 aliphatic rings. The molecular weight excluding hydrogens is 136 g/mol. The summed E-state index contributed by atoms with van der Waals surface area (Å²) in [5, 5.41) is 0. The molecule has 0 aliphatic carbocycles. The second kappa shape index (κ2) is 4.09. The highest BCUT2D eigenvalue weighted by molar-refractivity contribution is 5.09. The van der Waals surface area contributed by atoms with E-state index in [0.717, 1.165) is 12.1 Å². The zero-order chi connectivity index (χ0) is 8.10. The van der Waals surface area contributed by atoms with Crippen LogP contribution in [0.2, 0.25) is 0 Å². The fourth-order valence-corrected chi connectivity index (χ4v) is 1.11. The third-order valence-electron chi connectivity index (χ3n) is 1.88. The topological polar surface area (TPSA) is 38.9 Å². The highest BCUT2D eigenvalue weighted by Gasteiger charge is 2.06. The lowest BCUT2D eigenvalue weighted by atomic mass is 10.0. The van der Waals surface area contributed by atoms with Crippen molar-refractivity contribution in [2.45, 2.75) is 19.3 Å². The van der Waals surface area contributed by atoms with Gasteiger partial charge in [0.15, 0.2) is 0 Å². The van der Waals surface area contributed by atoms with E-state index in [1.54, 1.807) is 0 Å². The Hall–Kier alpha value is -0.890. The van der Waals surface area contributed by atoms with Crippen LogP contribution in [0.1, 0.15) is 25.0 Å². The van der Waals surface area contributed by atoms with E-state index in [1.165, 1.54) is 0 Å². The summed E-state index contributed by atoms with van der Waals surface area (Å²) in [5.74, 6) is 0.427. The predicted molar refractivity (Wildman–Crippen MR) is 46.3 cm³/mol. The summed E-state index contributed by atoms with van der Waals surface area (Å²) in [5.41, 5.74) is 6.68. The first-order valence-corrected chi connectivity index (χ1v) is 3.99. The molecule has 0 spiro atoms. The van der Waals surface area contributed by atoms with E-state index in [9.17, 15) is 0 Å². The number of aromatic nitrogens is 1. The normalized spacial score (nSPS) is 12.9. The second-order valence-corrected chi connectivity index (χ2v) is 2.60. The van der Waals surface area contributed by atoms with E-state index in [0.29, 0.717) is 12.5 Å². The van der Waals surface area contributed by atoms with E-state index in [4.69, 9.17) is 5.73 Å². The molecule has 1 atom stereocenters. The van der Waals surface area contributed by atoms with Gasteiger partial charge in [0, 0.05) is 24.4 Å². The van der Waals surface area contributed by atoms with E-state index in [2.05, 4.69) is 11.9 Å². The van der Waals surface area contributed by atoms with Crippen molar-refractivity contribution in [2.75, 3.05) is 6.54 Å². The Morgan fingerprint density at radius 2 is 2.36 bits per heavy atom. The molecule has 0 radical (unpaired) electrons. The molecule has 1 heterocycles. The minimum Gasteiger partial charge on any atom is -0.330 e. The zero-order valence-electron chi connectivity index (χ0n) is 6.83. The lowest BCUT2D eigenvalue weighted by Crippen LogP contribution is -2.12. The van der Waals surface area contributed by atoms with Crippen molar-refractivity contribution >= 4 is 0 Å². The number of pyridine rings is 1. The minimum atomic E-state index is 0.427. The van der Waals surface area contributed by atoms with Crippen molar-refractivity contribution in [3.63, 3.8) is 0 Å². The van der Waals surface area contributed by atoms with Crippen LogP contribution in [0, 0.1) is 0 Å². The van der Waals surface area contributed by atoms with Gasteiger partial charge in [-0.3, -0.25) is 4.98 Å². The maximum atomic E-state index is 5.58. The quantitative estimate of drug-likeness (QED) is 0.709. The Morgan fingerprint density at radius 1 is 1.55 bits per heavy atom. The number of nitrogens with two attached hydrogens (primary N) is 1. The van der Waals surface area contributed by atoms with Crippen LogP contribution in [0.3, 0.4) is 0 Å². The van der Waals surface area contributed by atoms with Crippen LogP contribution in [-0.2, 0) is 0 Å². The van der Waals surface area contributed by atoms with Crippen molar-refractivity contribution in [1.82, 2.24) is 4.98 Å². The summed E-state index contributed by atoms with van der Waals surface area (Å²) in [6, 6.07) is 5.95. The van der Waals surface area contributed by atoms with Crippen LogP contribution in [0.4, 0.5) is 0 Å². The standard InChI is InChI=1S/C9H14N2/c1-2-8(7-10)9-5-3-4-6-11-9/h3-6,8H,2,7,10H2,1H3. The average Bonchev–Trinajstić information content (AvgIpc) is 2.09. The summed E-state index contributed by atoms with van der Waals surface area (Å²) in [6.45, 7) is 2.82. The molecule has 11 heavy (non-hydrogen) atoms. The van der Waals surface area contributed by atoms with E-state index in [-0.39, 0.29) is 0 Å². The van der Waals surface area contributed by atoms with Gasteiger partial charge >= 0.3 is 0 Å². The van der Waals surface area contributed by atoms with Gasteiger partial charge in [-0.25, -0.2) is 0 Å². The number of rotatable bonds is 3. The molecule has 0 saturated carbocycles. The van der Waals surface area contributed by atoms with Gasteiger partial charge < -0.3 is 5.73 Å². The van der Waals surface area contributed by atoms with E-state index in [1.807, 2.05) is 24.4 Å². The maximum Gasteiger partial charge on any atom is 0.0447 e. The van der Waals surface area contributed by atoms with Crippen LogP contribution in [0.15, 0.2) is 24.4 Å². The summed E-state index contributed by atoms with van der Waals surface area (Å²) in [7, 11) is 0. The van der Waals surface area contributed by atoms with Crippen molar-refractivity contribution in [3.05, 3.63) is 30.1 Å². The van der Waals surface area contributed by atoms with Gasteiger partial charge in [0.1, 0.15) is 0 Å². The molecule has 2 heteroatoms. The molecule has 60 valence electrons. The van der Waals surface area contributed by atoms with Gasteiger partial charge in [-0.05, 0) is 18.6 Å². The Labute approximate surface area is 67.5 Å². The molecule has 0 fully saturated rings. The molecule has 1 unspecified atom stereocenters. The maximum absolute atomic E-state index is 5.58. The zero-order valence-corrected chi connectivity index (χ0v) is 6.83. The molecule has 1 aromatic rings. The molecule has 0 aromatic carbocycles. The van der Waals surface area contributed by atoms with Gasteiger partial charge in [0.2, 0.25) is 0 Å². The Kier molecular flexibility index (Phi) is 3.05. The largest absolute Gasteiger partial charge is 0.330 e. The smallest absolute Gasteiger partial charge is 0.0447 e. The van der Waals surface area contributed by atoms with Gasteiger partial charge in [-0.2, -0.15) is 0 Å². The molecule has 0 amide bonds. The predicted octanol–water partition coefficient (Wildman–Crippen LogP) is 1.53. The molecule has 2 N–H and O–H groups in total. The first-order valence-electron chi connectivity index (χ1n) is 3.99. The lowest BCUT2D eigenvalue weighted by Gasteiger charge is -2.09. The van der Waals surface area contributed by atoms with Crippen LogP contribution in [0.5, 0.6) is 0 Å². The van der Waals surface area contributed by atoms with Crippen molar-refractivity contribution in [2.24, 2.45) is 5.73 Å². The van der Waals surface area contributed by atoms with Crippen molar-refractivity contribution in [1.29, 1.82) is 0 Å². The number of hydrogen-bond acceptors (Lipinski definition) is 2. The van der Waals surface area contributed by atoms with E-state index >= 15 is 0 Å². The SMILES string of the molecule is CCC(CN)c1ccccn1.